The predicted octanol–water partition coefficient (Wildman–Crippen LogP) is 3.61. The number of amides is 1. The lowest BCUT2D eigenvalue weighted by Crippen LogP contribution is -2.44. The first-order valence-corrected chi connectivity index (χ1v) is 9.98. The van der Waals surface area contributed by atoms with E-state index in [9.17, 15) is 23.7 Å². The highest BCUT2D eigenvalue weighted by molar-refractivity contribution is 9.10. The van der Waals surface area contributed by atoms with Crippen molar-refractivity contribution in [1.29, 1.82) is 0 Å². The topological polar surface area (TPSA) is 96.3 Å². The van der Waals surface area contributed by atoms with Gasteiger partial charge in [-0.05, 0) is 43.9 Å². The second kappa shape index (κ2) is 10.1. The van der Waals surface area contributed by atoms with Gasteiger partial charge >= 0.3 is 0 Å². The maximum Gasteiger partial charge on any atom is 0.293 e. The van der Waals surface area contributed by atoms with Crippen LogP contribution in [0.15, 0.2) is 16.6 Å². The average molecular weight is 463 g/mol. The van der Waals surface area contributed by atoms with E-state index < -0.39 is 10.8 Å². The molecule has 0 bridgehead atoms. The lowest BCUT2D eigenvalue weighted by molar-refractivity contribution is -0.384. The van der Waals surface area contributed by atoms with Crippen LogP contribution in [0.3, 0.4) is 0 Å². The lowest BCUT2D eigenvalue weighted by Gasteiger charge is -2.30. The highest BCUT2D eigenvalue weighted by Crippen LogP contribution is 2.33. The van der Waals surface area contributed by atoms with Crippen LogP contribution in [0.4, 0.5) is 20.2 Å². The number of carbonyl (C=O) groups excluding carboxylic acids is 1. The van der Waals surface area contributed by atoms with Crippen molar-refractivity contribution in [1.82, 2.24) is 10.6 Å². The minimum Gasteiger partial charge on any atom is -0.375 e. The lowest BCUT2D eigenvalue weighted by atomic mass is 9.91. The fourth-order valence-electron chi connectivity index (χ4n) is 3.56. The Labute approximate surface area is 170 Å². The minimum atomic E-state index is -2.67. The van der Waals surface area contributed by atoms with Crippen LogP contribution in [-0.2, 0) is 4.79 Å². The third-order valence-electron chi connectivity index (χ3n) is 4.84. The van der Waals surface area contributed by atoms with Crippen molar-refractivity contribution in [3.63, 3.8) is 0 Å². The molecule has 0 spiro atoms. The summed E-state index contributed by atoms with van der Waals surface area (Å²) in [6.45, 7) is 2.34. The van der Waals surface area contributed by atoms with Crippen molar-refractivity contribution in [2.75, 3.05) is 25.0 Å². The van der Waals surface area contributed by atoms with E-state index in [0.717, 1.165) is 0 Å². The van der Waals surface area contributed by atoms with Gasteiger partial charge in [0.2, 0.25) is 6.41 Å². The number of anilines is 1. The molecule has 1 aromatic rings. The van der Waals surface area contributed by atoms with Gasteiger partial charge in [0.15, 0.2) is 0 Å². The molecule has 2 atom stereocenters. The zero-order valence-corrected chi connectivity index (χ0v) is 17.2. The molecule has 28 heavy (non-hydrogen) atoms. The maximum atomic E-state index is 13.5. The van der Waals surface area contributed by atoms with E-state index in [-0.39, 0.29) is 37.2 Å². The molecule has 1 fully saturated rings. The normalized spacial score (nSPS) is 19.6. The molecule has 1 aliphatic heterocycles. The maximum absolute atomic E-state index is 13.5. The van der Waals surface area contributed by atoms with Gasteiger partial charge in [0.1, 0.15) is 5.69 Å². The number of nitrogens with zero attached hydrogens (tertiary/aromatic N) is 1. The van der Waals surface area contributed by atoms with E-state index in [1.807, 2.05) is 0 Å². The minimum absolute atomic E-state index is 0.0564. The molecule has 1 amide bonds. The summed E-state index contributed by atoms with van der Waals surface area (Å²) in [4.78, 5) is 21.6. The first kappa shape index (κ1) is 22.5. The van der Waals surface area contributed by atoms with Crippen LogP contribution in [0.1, 0.15) is 31.2 Å². The zero-order valence-electron chi connectivity index (χ0n) is 15.6. The number of hydrogen-bond acceptors (Lipinski definition) is 5. The number of hydrogen-bond donors (Lipinski definition) is 3. The van der Waals surface area contributed by atoms with Crippen LogP contribution in [-0.4, -0.2) is 42.9 Å². The van der Waals surface area contributed by atoms with E-state index in [0.29, 0.717) is 47.9 Å². The molecule has 3 N–H and O–H groups in total. The number of halogens is 3. The third-order valence-corrected chi connectivity index (χ3v) is 5.30. The Kier molecular flexibility index (Phi) is 8.11. The van der Waals surface area contributed by atoms with Gasteiger partial charge in [-0.3, -0.25) is 14.9 Å². The van der Waals surface area contributed by atoms with Crippen LogP contribution in [0.2, 0.25) is 0 Å². The molecule has 0 saturated carbocycles. The van der Waals surface area contributed by atoms with Crippen LogP contribution >= 0.6 is 15.9 Å². The Hall–Kier alpha value is -1.81. The van der Waals surface area contributed by atoms with Crippen LogP contribution < -0.4 is 16.0 Å². The van der Waals surface area contributed by atoms with Gasteiger partial charge in [-0.1, -0.05) is 22.4 Å². The monoisotopic (exact) mass is 462 g/mol. The second-order valence-corrected chi connectivity index (χ2v) is 8.14. The largest absolute Gasteiger partial charge is 0.375 e. The summed E-state index contributed by atoms with van der Waals surface area (Å²) in [6.07, 6.45) is 2.34. The Bertz CT molecular complexity index is 706. The van der Waals surface area contributed by atoms with E-state index in [4.69, 9.17) is 0 Å². The summed E-state index contributed by atoms with van der Waals surface area (Å²) >= 11 is 3.26. The summed E-state index contributed by atoms with van der Waals surface area (Å²) in [5.74, 6) is -2.78. The molecular formula is C18H25BrF2N4O3. The number of carbonyl (C=O) groups is 1. The number of aryl methyl sites for hydroxylation is 1. The first-order chi connectivity index (χ1) is 13.2. The second-order valence-electron chi connectivity index (χ2n) is 7.23. The number of alkyl halides is 2. The fraction of sp³-hybridized carbons (Fsp3) is 0.611. The van der Waals surface area contributed by atoms with Crippen LogP contribution in [0.25, 0.3) is 0 Å². The summed E-state index contributed by atoms with van der Waals surface area (Å²) in [5.41, 5.74) is 1.05. The van der Waals surface area contributed by atoms with Crippen molar-refractivity contribution in [2.24, 2.45) is 5.92 Å². The van der Waals surface area contributed by atoms with E-state index in [1.165, 1.54) is 6.07 Å². The van der Waals surface area contributed by atoms with Gasteiger partial charge in [-0.15, -0.1) is 0 Å². The van der Waals surface area contributed by atoms with Crippen molar-refractivity contribution in [2.45, 2.75) is 44.6 Å². The standard InChI is InChI=1S/C18H25BrF2N4O3/c1-12-5-14(19)6-16(25(27)28)17(12)24-15(9-23-11-26)4-2-3-13-7-18(20,21)10-22-8-13/h5-6,11,13,15,22,24H,2-4,7-10H2,1H3,(H,23,26). The quantitative estimate of drug-likeness (QED) is 0.280. The number of piperidine rings is 1. The Morgan fingerprint density at radius 3 is 2.89 bits per heavy atom. The van der Waals surface area contributed by atoms with Crippen molar-refractivity contribution < 1.29 is 18.5 Å². The molecule has 1 aliphatic rings. The highest BCUT2D eigenvalue weighted by Gasteiger charge is 2.35. The fourth-order valence-corrected chi connectivity index (χ4v) is 4.12. The molecule has 1 aromatic carbocycles. The molecule has 2 rings (SSSR count). The molecule has 0 radical (unpaired) electrons. The molecule has 156 valence electrons. The highest BCUT2D eigenvalue weighted by atomic mass is 79.9. The number of nitrogens with one attached hydrogen (secondary N) is 3. The summed E-state index contributed by atoms with van der Waals surface area (Å²) in [5, 5.41) is 19.9. The predicted molar refractivity (Wildman–Crippen MR) is 107 cm³/mol. The first-order valence-electron chi connectivity index (χ1n) is 9.18. The Morgan fingerprint density at radius 1 is 1.50 bits per heavy atom. The molecule has 7 nitrogen and oxygen atoms in total. The molecule has 0 aromatic heterocycles. The van der Waals surface area contributed by atoms with Gasteiger partial charge in [0.05, 0.1) is 11.5 Å². The Morgan fingerprint density at radius 2 is 2.25 bits per heavy atom. The number of rotatable bonds is 10. The van der Waals surface area contributed by atoms with E-state index in [1.54, 1.807) is 13.0 Å². The molecule has 10 heteroatoms. The van der Waals surface area contributed by atoms with Crippen molar-refractivity contribution in [3.05, 3.63) is 32.3 Å². The smallest absolute Gasteiger partial charge is 0.293 e. The summed E-state index contributed by atoms with van der Waals surface area (Å²) in [7, 11) is 0. The average Bonchev–Trinajstić information content (AvgIpc) is 2.60. The number of nitro benzene ring substituents is 1. The molecule has 0 aliphatic carbocycles. The van der Waals surface area contributed by atoms with Gasteiger partial charge in [0.25, 0.3) is 11.6 Å². The van der Waals surface area contributed by atoms with Crippen molar-refractivity contribution >= 4 is 33.7 Å². The number of benzene rings is 1. The van der Waals surface area contributed by atoms with Crippen LogP contribution in [0, 0.1) is 23.0 Å². The summed E-state index contributed by atoms with van der Waals surface area (Å²) in [6, 6.07) is 2.95. The van der Waals surface area contributed by atoms with Gasteiger partial charge in [0, 0.05) is 29.5 Å². The van der Waals surface area contributed by atoms with Crippen molar-refractivity contribution in [3.8, 4) is 0 Å². The molecule has 1 heterocycles. The van der Waals surface area contributed by atoms with E-state index in [2.05, 4.69) is 31.9 Å². The van der Waals surface area contributed by atoms with Crippen LogP contribution in [0.5, 0.6) is 0 Å². The SMILES string of the molecule is Cc1cc(Br)cc([N+](=O)[O-])c1NC(CCCC1CNCC(F)(F)C1)CNC=O. The van der Waals surface area contributed by atoms with Gasteiger partial charge < -0.3 is 16.0 Å². The third kappa shape index (κ3) is 6.66. The number of nitro groups is 1. The molecular weight excluding hydrogens is 438 g/mol. The molecule has 1 saturated heterocycles. The van der Waals surface area contributed by atoms with Gasteiger partial charge in [-0.25, -0.2) is 8.78 Å². The van der Waals surface area contributed by atoms with E-state index >= 15 is 0 Å². The zero-order chi connectivity index (χ0) is 20.7. The van der Waals surface area contributed by atoms with Gasteiger partial charge in [-0.2, -0.15) is 0 Å². The Balaban J connectivity index is 2.02. The molecule has 2 unspecified atom stereocenters. The summed E-state index contributed by atoms with van der Waals surface area (Å²) < 4.78 is 27.6.